The lowest BCUT2D eigenvalue weighted by Crippen LogP contribution is -2.51. The topological polar surface area (TPSA) is 113 Å². The van der Waals surface area contributed by atoms with Crippen molar-refractivity contribution in [2.75, 3.05) is 33.1 Å². The number of nitrogens with one attached hydrogen (secondary N) is 1. The second-order valence-corrected chi connectivity index (χ2v) is 6.97. The normalized spacial score (nSPS) is 21.4. The van der Waals surface area contributed by atoms with Crippen LogP contribution in [-0.2, 0) is 24.3 Å². The summed E-state index contributed by atoms with van der Waals surface area (Å²) in [5, 5.41) is 11.5. The molecule has 8 nitrogen and oxygen atoms in total. The first-order valence-electron chi connectivity index (χ1n) is 6.23. The summed E-state index contributed by atoms with van der Waals surface area (Å²) in [6.07, 6.45) is 2.37. The van der Waals surface area contributed by atoms with E-state index < -0.39 is 34.5 Å². The van der Waals surface area contributed by atoms with Gasteiger partial charge in [-0.05, 0) is 12.8 Å². The van der Waals surface area contributed by atoms with Crippen LogP contribution in [0.25, 0.3) is 0 Å². The van der Waals surface area contributed by atoms with Gasteiger partial charge in [-0.15, -0.1) is 0 Å². The van der Waals surface area contributed by atoms with Crippen LogP contribution >= 0.6 is 0 Å². The van der Waals surface area contributed by atoms with Gasteiger partial charge in [0.2, 0.25) is 15.9 Å². The summed E-state index contributed by atoms with van der Waals surface area (Å²) in [6.45, 7) is 0.461. The number of nitrogens with zero attached hydrogens (tertiary/aromatic N) is 1. The van der Waals surface area contributed by atoms with Gasteiger partial charge in [0.05, 0.1) is 19.4 Å². The molecule has 2 N–H and O–H groups in total. The minimum Gasteiger partial charge on any atom is -0.480 e. The van der Waals surface area contributed by atoms with Gasteiger partial charge in [0.25, 0.3) is 0 Å². The Morgan fingerprint density at radius 1 is 1.50 bits per heavy atom. The van der Waals surface area contributed by atoms with E-state index in [2.05, 4.69) is 5.32 Å². The average Bonchev–Trinajstić information content (AvgIpc) is 2.35. The number of carbonyl (C=O) groups is 2. The molecule has 0 aromatic heterocycles. The fraction of sp³-hybridized carbons (Fsp3) is 0.818. The largest absolute Gasteiger partial charge is 0.480 e. The Balaban J connectivity index is 2.61. The summed E-state index contributed by atoms with van der Waals surface area (Å²) in [4.78, 5) is 23.0. The van der Waals surface area contributed by atoms with Crippen LogP contribution in [0.15, 0.2) is 0 Å². The Morgan fingerprint density at radius 3 is 2.60 bits per heavy atom. The highest BCUT2D eigenvalue weighted by molar-refractivity contribution is 7.88. The molecular formula is C11H20N2O6S. The Hall–Kier alpha value is -1.19. The number of carboxylic acids is 1. The third-order valence-electron chi connectivity index (χ3n) is 3.18. The standard InChI is InChI=1S/C11H20N2O6S/c1-13(20(2,17)18)6-9(14)12-10(11(15)16)8-4-3-5-19-7-8/h8,10H,3-7H2,1-2H3,(H,12,14)(H,15,16). The lowest BCUT2D eigenvalue weighted by Gasteiger charge is -2.28. The van der Waals surface area contributed by atoms with Gasteiger partial charge in [0, 0.05) is 19.6 Å². The molecule has 0 saturated carbocycles. The molecule has 0 aromatic rings. The number of ether oxygens (including phenoxy) is 1. The van der Waals surface area contributed by atoms with Crippen LogP contribution in [0, 0.1) is 5.92 Å². The van der Waals surface area contributed by atoms with Crippen LogP contribution in [0.3, 0.4) is 0 Å². The molecule has 1 fully saturated rings. The van der Waals surface area contributed by atoms with Gasteiger partial charge < -0.3 is 15.2 Å². The predicted molar refractivity (Wildman–Crippen MR) is 70.6 cm³/mol. The minimum atomic E-state index is -3.48. The molecule has 1 heterocycles. The molecule has 1 aliphatic rings. The first kappa shape index (κ1) is 16.9. The summed E-state index contributed by atoms with van der Waals surface area (Å²) in [6, 6.07) is -1.06. The lowest BCUT2D eigenvalue weighted by molar-refractivity contribution is -0.145. The molecule has 9 heteroatoms. The fourth-order valence-electron chi connectivity index (χ4n) is 1.95. The fourth-order valence-corrected chi connectivity index (χ4v) is 2.30. The molecule has 20 heavy (non-hydrogen) atoms. The number of aliphatic carboxylic acids is 1. The van der Waals surface area contributed by atoms with Crippen molar-refractivity contribution in [3.63, 3.8) is 0 Å². The maximum absolute atomic E-state index is 11.7. The molecular weight excluding hydrogens is 288 g/mol. The Morgan fingerprint density at radius 2 is 2.15 bits per heavy atom. The highest BCUT2D eigenvalue weighted by Crippen LogP contribution is 2.17. The van der Waals surface area contributed by atoms with E-state index in [1.807, 2.05) is 0 Å². The van der Waals surface area contributed by atoms with Gasteiger partial charge in [0.1, 0.15) is 6.04 Å². The molecule has 0 bridgehead atoms. The number of likely N-dealkylation sites (N-methyl/N-ethyl adjacent to an activating group) is 1. The number of amides is 1. The summed E-state index contributed by atoms with van der Waals surface area (Å²) in [7, 11) is -2.22. The zero-order valence-electron chi connectivity index (χ0n) is 11.5. The first-order chi connectivity index (χ1) is 9.21. The summed E-state index contributed by atoms with van der Waals surface area (Å²) in [5.41, 5.74) is 0. The molecule has 2 atom stereocenters. The molecule has 2 unspecified atom stereocenters. The van der Waals surface area contributed by atoms with Crippen molar-refractivity contribution in [2.24, 2.45) is 5.92 Å². The molecule has 0 spiro atoms. The van der Waals surface area contributed by atoms with E-state index in [1.165, 1.54) is 7.05 Å². The maximum atomic E-state index is 11.7. The second-order valence-electron chi connectivity index (χ2n) is 4.88. The SMILES string of the molecule is CN(CC(=O)NC(C(=O)O)C1CCCOC1)S(C)(=O)=O. The second kappa shape index (κ2) is 7.00. The Labute approximate surface area is 118 Å². The number of sulfonamides is 1. The van der Waals surface area contributed by atoms with E-state index in [9.17, 15) is 18.0 Å². The molecule has 0 aromatic carbocycles. The first-order valence-corrected chi connectivity index (χ1v) is 8.08. The summed E-state index contributed by atoms with van der Waals surface area (Å²) < 4.78 is 28.5. The Kier molecular flexibility index (Phi) is 5.90. The van der Waals surface area contributed by atoms with Crippen LogP contribution in [0.5, 0.6) is 0 Å². The van der Waals surface area contributed by atoms with E-state index in [-0.39, 0.29) is 12.5 Å². The monoisotopic (exact) mass is 308 g/mol. The number of carbonyl (C=O) groups excluding carboxylic acids is 1. The van der Waals surface area contributed by atoms with Crippen LogP contribution in [0.1, 0.15) is 12.8 Å². The number of hydrogen-bond donors (Lipinski definition) is 2. The molecule has 116 valence electrons. The molecule has 1 aliphatic heterocycles. The predicted octanol–water partition coefficient (Wildman–Crippen LogP) is -1.13. The van der Waals surface area contributed by atoms with E-state index >= 15 is 0 Å². The highest BCUT2D eigenvalue weighted by atomic mass is 32.2. The summed E-state index contributed by atoms with van der Waals surface area (Å²) in [5.74, 6) is -2.08. The van der Waals surface area contributed by atoms with Crippen LogP contribution in [-0.4, -0.2) is 68.8 Å². The smallest absolute Gasteiger partial charge is 0.326 e. The molecule has 1 rings (SSSR count). The summed E-state index contributed by atoms with van der Waals surface area (Å²) >= 11 is 0. The van der Waals surface area contributed by atoms with Crippen LogP contribution < -0.4 is 5.32 Å². The van der Waals surface area contributed by atoms with Crippen molar-refractivity contribution in [1.29, 1.82) is 0 Å². The van der Waals surface area contributed by atoms with E-state index in [0.29, 0.717) is 13.0 Å². The van der Waals surface area contributed by atoms with Crippen molar-refractivity contribution >= 4 is 21.9 Å². The third kappa shape index (κ3) is 5.06. The average molecular weight is 308 g/mol. The molecule has 1 saturated heterocycles. The van der Waals surface area contributed by atoms with Crippen LogP contribution in [0.4, 0.5) is 0 Å². The van der Waals surface area contributed by atoms with Gasteiger partial charge >= 0.3 is 5.97 Å². The Bertz CT molecular complexity index is 458. The van der Waals surface area contributed by atoms with Crippen molar-refractivity contribution in [3.8, 4) is 0 Å². The van der Waals surface area contributed by atoms with E-state index in [1.54, 1.807) is 0 Å². The molecule has 1 amide bonds. The van der Waals surface area contributed by atoms with Gasteiger partial charge in [0.15, 0.2) is 0 Å². The quantitative estimate of drug-likeness (QED) is 0.642. The highest BCUT2D eigenvalue weighted by Gasteiger charge is 2.31. The van der Waals surface area contributed by atoms with Crippen LogP contribution in [0.2, 0.25) is 0 Å². The van der Waals surface area contributed by atoms with Gasteiger partial charge in [-0.3, -0.25) is 4.79 Å². The van der Waals surface area contributed by atoms with Gasteiger partial charge in [-0.2, -0.15) is 4.31 Å². The number of carboxylic acid groups (broad SMARTS) is 1. The van der Waals surface area contributed by atoms with Gasteiger partial charge in [-0.1, -0.05) is 0 Å². The van der Waals surface area contributed by atoms with Crippen molar-refractivity contribution in [1.82, 2.24) is 9.62 Å². The van der Waals surface area contributed by atoms with E-state index in [4.69, 9.17) is 9.84 Å². The number of rotatable bonds is 6. The maximum Gasteiger partial charge on any atom is 0.326 e. The molecule has 0 radical (unpaired) electrons. The van der Waals surface area contributed by atoms with Crippen molar-refractivity contribution in [2.45, 2.75) is 18.9 Å². The zero-order valence-corrected chi connectivity index (χ0v) is 12.4. The minimum absolute atomic E-state index is 0.277. The number of hydrogen-bond acceptors (Lipinski definition) is 5. The third-order valence-corrected chi connectivity index (χ3v) is 4.44. The van der Waals surface area contributed by atoms with Gasteiger partial charge in [-0.25, -0.2) is 13.2 Å². The van der Waals surface area contributed by atoms with E-state index in [0.717, 1.165) is 17.0 Å². The molecule has 0 aliphatic carbocycles. The van der Waals surface area contributed by atoms with Crippen molar-refractivity contribution in [3.05, 3.63) is 0 Å². The zero-order chi connectivity index (χ0) is 15.3. The van der Waals surface area contributed by atoms with Crippen molar-refractivity contribution < 1.29 is 27.9 Å². The lowest BCUT2D eigenvalue weighted by atomic mass is 9.93.